The zero-order valence-electron chi connectivity index (χ0n) is 17.7. The van der Waals surface area contributed by atoms with Crippen molar-refractivity contribution < 1.29 is 4.79 Å². The van der Waals surface area contributed by atoms with Crippen LogP contribution in [0.3, 0.4) is 0 Å². The second-order valence-corrected chi connectivity index (χ2v) is 8.87. The van der Waals surface area contributed by atoms with Crippen LogP contribution < -0.4 is 10.6 Å². The Morgan fingerprint density at radius 1 is 1.24 bits per heavy atom. The van der Waals surface area contributed by atoms with E-state index in [1.165, 1.54) is 0 Å². The maximum atomic E-state index is 13.3. The van der Waals surface area contributed by atoms with Crippen LogP contribution in [0.2, 0.25) is 0 Å². The number of piperidine rings is 1. The number of nitrogens with zero attached hydrogens (tertiary/aromatic N) is 4. The number of anilines is 2. The minimum Gasteiger partial charge on any atom is -0.370 e. The Hall–Kier alpha value is -2.83. The Balaban J connectivity index is 1.70. The summed E-state index contributed by atoms with van der Waals surface area (Å²) in [6.45, 7) is 10.3. The molecule has 1 amide bonds. The maximum absolute atomic E-state index is 13.3. The molecule has 1 spiro atoms. The highest BCUT2D eigenvalue weighted by Crippen LogP contribution is 2.37. The number of rotatable bonds is 2. The van der Waals surface area contributed by atoms with Crippen LogP contribution in [0.15, 0.2) is 41.5 Å². The molecule has 0 unspecified atom stereocenters. The number of carbonyl (C=O) groups excluding carboxylic acids is 1. The van der Waals surface area contributed by atoms with Crippen LogP contribution in [0.1, 0.15) is 51.0 Å². The zero-order chi connectivity index (χ0) is 20.6. The predicted molar refractivity (Wildman–Crippen MR) is 117 cm³/mol. The van der Waals surface area contributed by atoms with Gasteiger partial charge < -0.3 is 15.5 Å². The van der Waals surface area contributed by atoms with Crippen LogP contribution >= 0.6 is 0 Å². The molecule has 7 nitrogen and oxygen atoms in total. The van der Waals surface area contributed by atoms with Crippen molar-refractivity contribution in [1.82, 2.24) is 14.7 Å². The third kappa shape index (κ3) is 3.73. The molecule has 7 heteroatoms. The molecule has 2 aromatic rings. The number of fused-ring (bicyclic) bond motifs is 1. The van der Waals surface area contributed by atoms with E-state index in [0.717, 1.165) is 36.6 Å². The standard InChI is InChI=1S/C22H30N6O/c1-5-28-18(11-13-23-28)19(29)27-14-8-12-22(15-27)20(26-21(2,3)4)24-16-9-6-7-10-17(16)25-22/h6-7,9-11,13,25H,5,8,12,14-15H2,1-4H3,(H,24,26)/t22-/m0/s1. The van der Waals surface area contributed by atoms with E-state index in [4.69, 9.17) is 4.99 Å². The summed E-state index contributed by atoms with van der Waals surface area (Å²) in [4.78, 5) is 20.2. The fourth-order valence-corrected chi connectivity index (χ4v) is 4.19. The highest BCUT2D eigenvalue weighted by molar-refractivity contribution is 6.10. The van der Waals surface area contributed by atoms with Gasteiger partial charge in [0, 0.05) is 19.3 Å². The van der Waals surface area contributed by atoms with Gasteiger partial charge in [-0.1, -0.05) is 12.1 Å². The van der Waals surface area contributed by atoms with E-state index in [1.807, 2.05) is 24.0 Å². The van der Waals surface area contributed by atoms with Crippen molar-refractivity contribution in [3.05, 3.63) is 42.2 Å². The number of hydrogen-bond donors (Lipinski definition) is 2. The topological polar surface area (TPSA) is 74.6 Å². The first kappa shape index (κ1) is 19.5. The number of likely N-dealkylation sites (tertiary alicyclic amines) is 1. The van der Waals surface area contributed by atoms with Gasteiger partial charge in [0.15, 0.2) is 0 Å². The number of amides is 1. The smallest absolute Gasteiger partial charge is 0.272 e. The predicted octanol–water partition coefficient (Wildman–Crippen LogP) is 3.61. The molecule has 0 aliphatic carbocycles. The largest absolute Gasteiger partial charge is 0.370 e. The van der Waals surface area contributed by atoms with Gasteiger partial charge in [-0.25, -0.2) is 0 Å². The van der Waals surface area contributed by atoms with Gasteiger partial charge in [-0.05, 0) is 58.7 Å². The molecular weight excluding hydrogens is 364 g/mol. The summed E-state index contributed by atoms with van der Waals surface area (Å²) in [6, 6.07) is 9.98. The van der Waals surface area contributed by atoms with E-state index >= 15 is 0 Å². The Morgan fingerprint density at radius 3 is 2.72 bits per heavy atom. The SMILES string of the molecule is CCn1nccc1C(=O)N1CCC[C@@]2(C1)Nc1ccccc1NC2=NC(C)(C)C. The second-order valence-electron chi connectivity index (χ2n) is 8.87. The van der Waals surface area contributed by atoms with Crippen molar-refractivity contribution in [3.8, 4) is 0 Å². The lowest BCUT2D eigenvalue weighted by Gasteiger charge is -2.47. The van der Waals surface area contributed by atoms with Gasteiger partial charge in [0.05, 0.1) is 23.5 Å². The summed E-state index contributed by atoms with van der Waals surface area (Å²) < 4.78 is 1.76. The van der Waals surface area contributed by atoms with Crippen molar-refractivity contribution in [2.24, 2.45) is 4.99 Å². The number of para-hydroxylation sites is 2. The number of aromatic nitrogens is 2. The molecule has 1 fully saturated rings. The first-order valence-electron chi connectivity index (χ1n) is 10.4. The van der Waals surface area contributed by atoms with Crippen molar-refractivity contribution in [2.75, 3.05) is 23.7 Å². The number of nitrogens with one attached hydrogen (secondary N) is 2. The van der Waals surface area contributed by atoms with Gasteiger partial charge in [0.2, 0.25) is 0 Å². The molecule has 0 saturated carbocycles. The molecule has 2 aliphatic rings. The van der Waals surface area contributed by atoms with E-state index in [0.29, 0.717) is 18.8 Å². The second kappa shape index (κ2) is 7.21. The molecule has 29 heavy (non-hydrogen) atoms. The van der Waals surface area contributed by atoms with E-state index in [-0.39, 0.29) is 11.4 Å². The summed E-state index contributed by atoms with van der Waals surface area (Å²) in [6.07, 6.45) is 3.52. The summed E-state index contributed by atoms with van der Waals surface area (Å²) in [7, 11) is 0. The summed E-state index contributed by atoms with van der Waals surface area (Å²) >= 11 is 0. The fourth-order valence-electron chi connectivity index (χ4n) is 4.19. The first-order valence-corrected chi connectivity index (χ1v) is 10.4. The molecule has 1 atom stereocenters. The molecular formula is C22H30N6O. The highest BCUT2D eigenvalue weighted by atomic mass is 16.2. The van der Waals surface area contributed by atoms with Crippen LogP contribution in [0.25, 0.3) is 0 Å². The highest BCUT2D eigenvalue weighted by Gasteiger charge is 2.45. The van der Waals surface area contributed by atoms with Crippen molar-refractivity contribution in [2.45, 2.75) is 58.2 Å². The molecule has 154 valence electrons. The van der Waals surface area contributed by atoms with Gasteiger partial charge in [-0.15, -0.1) is 0 Å². The van der Waals surface area contributed by atoms with Crippen molar-refractivity contribution >= 4 is 23.1 Å². The number of hydrogen-bond acceptors (Lipinski definition) is 4. The van der Waals surface area contributed by atoms with E-state index in [2.05, 4.69) is 48.6 Å². The van der Waals surface area contributed by atoms with E-state index < -0.39 is 5.54 Å². The van der Waals surface area contributed by atoms with Crippen molar-refractivity contribution in [1.29, 1.82) is 0 Å². The van der Waals surface area contributed by atoms with Crippen LogP contribution in [0.5, 0.6) is 0 Å². The van der Waals surface area contributed by atoms with Gasteiger partial charge >= 0.3 is 0 Å². The molecule has 2 aliphatic heterocycles. The third-order valence-electron chi connectivity index (χ3n) is 5.47. The average Bonchev–Trinajstić information content (AvgIpc) is 3.16. The van der Waals surface area contributed by atoms with E-state index in [1.54, 1.807) is 16.9 Å². The zero-order valence-corrected chi connectivity index (χ0v) is 17.7. The van der Waals surface area contributed by atoms with Crippen LogP contribution in [-0.4, -0.2) is 50.6 Å². The minimum absolute atomic E-state index is 0.0270. The van der Waals surface area contributed by atoms with Gasteiger partial charge in [0.25, 0.3) is 5.91 Å². The Labute approximate surface area is 172 Å². The van der Waals surface area contributed by atoms with Gasteiger partial charge in [-0.3, -0.25) is 14.5 Å². The van der Waals surface area contributed by atoms with E-state index in [9.17, 15) is 4.79 Å². The normalized spacial score (nSPS) is 22.9. The Kier molecular flexibility index (Phi) is 4.84. The van der Waals surface area contributed by atoms with Crippen LogP contribution in [0.4, 0.5) is 11.4 Å². The molecule has 0 bridgehead atoms. The van der Waals surface area contributed by atoms with Crippen LogP contribution in [-0.2, 0) is 6.54 Å². The molecule has 3 heterocycles. The summed E-state index contributed by atoms with van der Waals surface area (Å²) in [5.74, 6) is 0.935. The molecule has 0 radical (unpaired) electrons. The minimum atomic E-state index is -0.424. The van der Waals surface area contributed by atoms with Crippen LogP contribution in [0, 0.1) is 0 Å². The lowest BCUT2D eigenvalue weighted by Crippen LogP contribution is -2.63. The monoisotopic (exact) mass is 394 g/mol. The first-order chi connectivity index (χ1) is 13.8. The number of aliphatic imine (C=N–C) groups is 1. The maximum Gasteiger partial charge on any atom is 0.272 e. The molecule has 4 rings (SSSR count). The Morgan fingerprint density at radius 2 is 2.00 bits per heavy atom. The molecule has 1 aromatic carbocycles. The summed E-state index contributed by atoms with van der Waals surface area (Å²) in [5, 5.41) is 11.6. The number of aryl methyl sites for hydroxylation is 1. The summed E-state index contributed by atoms with van der Waals surface area (Å²) in [5.41, 5.74) is 2.06. The van der Waals surface area contributed by atoms with Gasteiger partial charge in [0.1, 0.15) is 17.1 Å². The average molecular weight is 395 g/mol. The molecule has 1 aromatic heterocycles. The molecule has 2 N–H and O–H groups in total. The number of amidine groups is 1. The van der Waals surface area contributed by atoms with Gasteiger partial charge in [-0.2, -0.15) is 5.10 Å². The quantitative estimate of drug-likeness (QED) is 0.816. The fraction of sp³-hybridized carbons (Fsp3) is 0.500. The van der Waals surface area contributed by atoms with Crippen molar-refractivity contribution in [3.63, 3.8) is 0 Å². The lowest BCUT2D eigenvalue weighted by atomic mass is 9.84. The lowest BCUT2D eigenvalue weighted by molar-refractivity contribution is 0.0681. The Bertz CT molecular complexity index is 941. The third-order valence-corrected chi connectivity index (χ3v) is 5.47. The molecule has 1 saturated heterocycles. The number of carbonyl (C=O) groups is 1. The number of benzene rings is 1.